The van der Waals surface area contributed by atoms with Gasteiger partial charge in [0.05, 0.1) is 0 Å². The number of Topliss-reactive ketones (excluding diaryl/α,β-unsaturated/α-hetero) is 1. The second kappa shape index (κ2) is 6.15. The number of piperidine rings is 1. The van der Waals surface area contributed by atoms with E-state index in [0.29, 0.717) is 32.5 Å². The van der Waals surface area contributed by atoms with Crippen LogP contribution in [0.2, 0.25) is 0 Å². The zero-order valence-electron chi connectivity index (χ0n) is 11.1. The van der Waals surface area contributed by atoms with Crippen LogP contribution in [0.25, 0.3) is 0 Å². The highest BCUT2D eigenvalue weighted by atomic mass is 16.5. The Bertz CT molecular complexity index is 271. The van der Waals surface area contributed by atoms with E-state index in [1.165, 1.54) is 0 Å². The summed E-state index contributed by atoms with van der Waals surface area (Å²) in [5.74, 6) is 0.258. The van der Waals surface area contributed by atoms with Gasteiger partial charge in [-0.15, -0.1) is 0 Å². The molecular formula is C13H23NO3. The molecule has 4 nitrogen and oxygen atoms in total. The number of carbonyl (C=O) groups is 2. The predicted octanol–water partition coefficient (Wildman–Crippen LogP) is 1.63. The Labute approximate surface area is 103 Å². The van der Waals surface area contributed by atoms with E-state index in [4.69, 9.17) is 4.74 Å². The number of likely N-dealkylation sites (tertiary alicyclic amines) is 1. The second-order valence-corrected chi connectivity index (χ2v) is 5.78. The third-order valence-corrected chi connectivity index (χ3v) is 2.90. The lowest BCUT2D eigenvalue weighted by atomic mass is 9.93. The molecule has 4 heteroatoms. The Balaban J connectivity index is 2.15. The third kappa shape index (κ3) is 5.82. The zero-order valence-corrected chi connectivity index (χ0v) is 11.1. The average Bonchev–Trinajstić information content (AvgIpc) is 2.24. The Hall–Kier alpha value is -0.900. The first-order chi connectivity index (χ1) is 7.88. The summed E-state index contributed by atoms with van der Waals surface area (Å²) in [7, 11) is 0. The minimum Gasteiger partial charge on any atom is -0.372 e. The average molecular weight is 241 g/mol. The van der Waals surface area contributed by atoms with E-state index in [1.807, 2.05) is 0 Å². The maximum atomic E-state index is 11.7. The molecule has 0 spiro atoms. The third-order valence-electron chi connectivity index (χ3n) is 2.90. The van der Waals surface area contributed by atoms with Crippen LogP contribution < -0.4 is 0 Å². The van der Waals surface area contributed by atoms with Gasteiger partial charge in [0.15, 0.2) is 0 Å². The highest BCUT2D eigenvalue weighted by molar-refractivity contribution is 5.83. The van der Waals surface area contributed by atoms with Crippen LogP contribution in [0.5, 0.6) is 0 Å². The fourth-order valence-corrected chi connectivity index (χ4v) is 1.63. The molecule has 0 aromatic rings. The second-order valence-electron chi connectivity index (χ2n) is 5.78. The Morgan fingerprint density at radius 2 is 1.88 bits per heavy atom. The summed E-state index contributed by atoms with van der Waals surface area (Å²) in [6.07, 6.45) is 1.93. The molecule has 0 bridgehead atoms. The molecule has 1 fully saturated rings. The number of rotatable bonds is 4. The van der Waals surface area contributed by atoms with Gasteiger partial charge >= 0.3 is 0 Å². The van der Waals surface area contributed by atoms with Gasteiger partial charge < -0.3 is 9.64 Å². The molecular weight excluding hydrogens is 218 g/mol. The van der Waals surface area contributed by atoms with Crippen LogP contribution in [0.15, 0.2) is 0 Å². The van der Waals surface area contributed by atoms with E-state index in [-0.39, 0.29) is 23.7 Å². The molecule has 0 saturated carbocycles. The summed E-state index contributed by atoms with van der Waals surface area (Å²) in [6, 6.07) is 0. The molecule has 0 aliphatic carbocycles. The molecule has 0 radical (unpaired) electrons. The SMILES string of the molecule is CC(C)(C)CCOCC(=O)N1CCC(=O)CC1. The molecule has 98 valence electrons. The number of ketones is 1. The Morgan fingerprint density at radius 3 is 2.41 bits per heavy atom. The zero-order chi connectivity index (χ0) is 12.9. The highest BCUT2D eigenvalue weighted by Gasteiger charge is 2.20. The molecule has 17 heavy (non-hydrogen) atoms. The van der Waals surface area contributed by atoms with Crippen LogP contribution in [-0.4, -0.2) is 42.9 Å². The first-order valence-corrected chi connectivity index (χ1v) is 6.26. The van der Waals surface area contributed by atoms with E-state index in [9.17, 15) is 9.59 Å². The van der Waals surface area contributed by atoms with Crippen molar-refractivity contribution in [1.82, 2.24) is 4.90 Å². The molecule has 1 heterocycles. The lowest BCUT2D eigenvalue weighted by Gasteiger charge is -2.26. The van der Waals surface area contributed by atoms with Crippen molar-refractivity contribution in [3.05, 3.63) is 0 Å². The summed E-state index contributed by atoms with van der Waals surface area (Å²) >= 11 is 0. The lowest BCUT2D eigenvalue weighted by molar-refractivity contribution is -0.139. The summed E-state index contributed by atoms with van der Waals surface area (Å²) in [4.78, 5) is 24.5. The molecule has 0 aromatic carbocycles. The van der Waals surface area contributed by atoms with Crippen molar-refractivity contribution in [1.29, 1.82) is 0 Å². The predicted molar refractivity (Wildman–Crippen MR) is 65.7 cm³/mol. The van der Waals surface area contributed by atoms with Gasteiger partial charge in [0.1, 0.15) is 12.4 Å². The van der Waals surface area contributed by atoms with Gasteiger partial charge in [-0.25, -0.2) is 0 Å². The summed E-state index contributed by atoms with van der Waals surface area (Å²) in [5, 5.41) is 0. The fourth-order valence-electron chi connectivity index (χ4n) is 1.63. The number of carbonyl (C=O) groups excluding carboxylic acids is 2. The molecule has 0 unspecified atom stereocenters. The normalized spacial score (nSPS) is 17.4. The van der Waals surface area contributed by atoms with Gasteiger partial charge in [0.2, 0.25) is 5.91 Å². The first-order valence-electron chi connectivity index (χ1n) is 6.26. The first kappa shape index (κ1) is 14.2. The molecule has 1 aliphatic heterocycles. The standard InChI is InChI=1S/C13H23NO3/c1-13(2,3)6-9-17-10-12(16)14-7-4-11(15)5-8-14/h4-10H2,1-3H3. The maximum absolute atomic E-state index is 11.7. The van der Waals surface area contributed by atoms with Crippen LogP contribution in [0.3, 0.4) is 0 Å². The number of hydrogen-bond acceptors (Lipinski definition) is 3. The summed E-state index contributed by atoms with van der Waals surface area (Å²) < 4.78 is 5.38. The van der Waals surface area contributed by atoms with Crippen molar-refractivity contribution in [2.45, 2.75) is 40.0 Å². The lowest BCUT2D eigenvalue weighted by Crippen LogP contribution is -2.40. The maximum Gasteiger partial charge on any atom is 0.248 e. The van der Waals surface area contributed by atoms with Crippen LogP contribution in [-0.2, 0) is 14.3 Å². The van der Waals surface area contributed by atoms with E-state index >= 15 is 0 Å². The molecule has 1 amide bonds. The van der Waals surface area contributed by atoms with Crippen molar-refractivity contribution in [3.8, 4) is 0 Å². The summed E-state index contributed by atoms with van der Waals surface area (Å²) in [6.45, 7) is 8.31. The quantitative estimate of drug-likeness (QED) is 0.703. The van der Waals surface area contributed by atoms with Crippen molar-refractivity contribution >= 4 is 11.7 Å². The Morgan fingerprint density at radius 1 is 1.29 bits per heavy atom. The monoisotopic (exact) mass is 241 g/mol. The smallest absolute Gasteiger partial charge is 0.248 e. The van der Waals surface area contributed by atoms with Crippen molar-refractivity contribution in [3.63, 3.8) is 0 Å². The largest absolute Gasteiger partial charge is 0.372 e. The Kier molecular flexibility index (Phi) is 5.12. The van der Waals surface area contributed by atoms with Crippen LogP contribution in [0.1, 0.15) is 40.0 Å². The van der Waals surface area contributed by atoms with Gasteiger partial charge in [-0.3, -0.25) is 9.59 Å². The molecule has 0 aromatic heterocycles. The fraction of sp³-hybridized carbons (Fsp3) is 0.846. The minimum absolute atomic E-state index is 0.00593. The molecule has 0 atom stereocenters. The van der Waals surface area contributed by atoms with E-state index in [1.54, 1.807) is 4.90 Å². The molecule has 1 rings (SSSR count). The van der Waals surface area contributed by atoms with Crippen molar-refractivity contribution < 1.29 is 14.3 Å². The van der Waals surface area contributed by atoms with E-state index in [2.05, 4.69) is 20.8 Å². The molecule has 1 saturated heterocycles. The van der Waals surface area contributed by atoms with E-state index in [0.717, 1.165) is 6.42 Å². The van der Waals surface area contributed by atoms with Crippen molar-refractivity contribution in [2.24, 2.45) is 5.41 Å². The van der Waals surface area contributed by atoms with E-state index < -0.39 is 0 Å². The van der Waals surface area contributed by atoms with Gasteiger partial charge in [0, 0.05) is 32.5 Å². The molecule has 0 N–H and O–H groups in total. The number of ether oxygens (including phenoxy) is 1. The van der Waals surface area contributed by atoms with Crippen LogP contribution >= 0.6 is 0 Å². The number of hydrogen-bond donors (Lipinski definition) is 0. The number of nitrogens with zero attached hydrogens (tertiary/aromatic N) is 1. The van der Waals surface area contributed by atoms with Gasteiger partial charge in [-0.05, 0) is 11.8 Å². The highest BCUT2D eigenvalue weighted by Crippen LogP contribution is 2.17. The van der Waals surface area contributed by atoms with Gasteiger partial charge in [-0.1, -0.05) is 20.8 Å². The molecule has 1 aliphatic rings. The van der Waals surface area contributed by atoms with Crippen molar-refractivity contribution in [2.75, 3.05) is 26.3 Å². The van der Waals surface area contributed by atoms with Gasteiger partial charge in [-0.2, -0.15) is 0 Å². The topological polar surface area (TPSA) is 46.6 Å². The van der Waals surface area contributed by atoms with Gasteiger partial charge in [0.25, 0.3) is 0 Å². The number of amides is 1. The van der Waals surface area contributed by atoms with Crippen LogP contribution in [0, 0.1) is 5.41 Å². The van der Waals surface area contributed by atoms with Crippen LogP contribution in [0.4, 0.5) is 0 Å². The summed E-state index contributed by atoms with van der Waals surface area (Å²) in [5.41, 5.74) is 0.237. The minimum atomic E-state index is 0.00593.